The molecule has 0 bridgehead atoms. The Hall–Kier alpha value is -2.14. The molecular weight excluding hydrogens is 256 g/mol. The number of amides is 1. The quantitative estimate of drug-likeness (QED) is 0.850. The Morgan fingerprint density at radius 3 is 2.80 bits per heavy atom. The standard InChI is InChI=1S/C15H18N2O3/c1-10-6-4-5-7-12(10)14-13(11(2)17-20-14)15(18)16-8-9-19-3/h4-7H,8-9H2,1-3H3,(H,16,18). The minimum Gasteiger partial charge on any atom is -0.383 e. The van der Waals surface area contributed by atoms with E-state index in [1.54, 1.807) is 14.0 Å². The molecule has 2 rings (SSSR count). The van der Waals surface area contributed by atoms with E-state index in [9.17, 15) is 4.79 Å². The first kappa shape index (κ1) is 14.3. The topological polar surface area (TPSA) is 64.4 Å². The second-order valence-electron chi connectivity index (χ2n) is 4.54. The highest BCUT2D eigenvalue weighted by atomic mass is 16.5. The van der Waals surface area contributed by atoms with Gasteiger partial charge in [-0.05, 0) is 19.4 Å². The molecule has 0 unspecified atom stereocenters. The number of rotatable bonds is 5. The molecule has 1 aromatic heterocycles. The van der Waals surface area contributed by atoms with Gasteiger partial charge in [-0.2, -0.15) is 0 Å². The predicted octanol–water partition coefficient (Wildman–Crippen LogP) is 2.33. The van der Waals surface area contributed by atoms with Crippen molar-refractivity contribution < 1.29 is 14.1 Å². The van der Waals surface area contributed by atoms with E-state index in [4.69, 9.17) is 9.26 Å². The molecule has 0 spiro atoms. The molecule has 0 aliphatic heterocycles. The summed E-state index contributed by atoms with van der Waals surface area (Å²) in [6.07, 6.45) is 0. The highest BCUT2D eigenvalue weighted by Crippen LogP contribution is 2.28. The minimum atomic E-state index is -0.195. The molecule has 5 heteroatoms. The third kappa shape index (κ3) is 2.88. The van der Waals surface area contributed by atoms with Gasteiger partial charge >= 0.3 is 0 Å². The number of hydrogen-bond acceptors (Lipinski definition) is 4. The fraction of sp³-hybridized carbons (Fsp3) is 0.333. The smallest absolute Gasteiger partial charge is 0.257 e. The van der Waals surface area contributed by atoms with Crippen molar-refractivity contribution in [3.8, 4) is 11.3 Å². The highest BCUT2D eigenvalue weighted by molar-refractivity contribution is 6.00. The molecule has 0 radical (unpaired) electrons. The van der Waals surface area contributed by atoms with Crippen LogP contribution in [-0.2, 0) is 4.74 Å². The first-order valence-electron chi connectivity index (χ1n) is 6.44. The van der Waals surface area contributed by atoms with Crippen LogP contribution in [0.4, 0.5) is 0 Å². The molecule has 0 aliphatic carbocycles. The Morgan fingerprint density at radius 2 is 2.10 bits per heavy atom. The maximum absolute atomic E-state index is 12.2. The van der Waals surface area contributed by atoms with Crippen molar-refractivity contribution in [2.24, 2.45) is 0 Å². The third-order valence-corrected chi connectivity index (χ3v) is 3.07. The van der Waals surface area contributed by atoms with Crippen molar-refractivity contribution >= 4 is 5.91 Å². The Kier molecular flexibility index (Phi) is 4.53. The Balaban J connectivity index is 2.33. The summed E-state index contributed by atoms with van der Waals surface area (Å²) < 4.78 is 10.3. The van der Waals surface area contributed by atoms with Crippen LogP contribution in [0.3, 0.4) is 0 Å². The van der Waals surface area contributed by atoms with Gasteiger partial charge in [0.15, 0.2) is 5.76 Å². The average Bonchev–Trinajstić information content (AvgIpc) is 2.81. The molecule has 20 heavy (non-hydrogen) atoms. The number of aryl methyl sites for hydroxylation is 2. The van der Waals surface area contributed by atoms with E-state index < -0.39 is 0 Å². The summed E-state index contributed by atoms with van der Waals surface area (Å²) in [5.41, 5.74) is 2.98. The zero-order valence-electron chi connectivity index (χ0n) is 11.9. The van der Waals surface area contributed by atoms with Gasteiger partial charge in [-0.3, -0.25) is 4.79 Å². The third-order valence-electron chi connectivity index (χ3n) is 3.07. The van der Waals surface area contributed by atoms with Crippen molar-refractivity contribution in [3.05, 3.63) is 41.1 Å². The number of hydrogen-bond donors (Lipinski definition) is 1. The second kappa shape index (κ2) is 6.34. The summed E-state index contributed by atoms with van der Waals surface area (Å²) in [5.74, 6) is 0.314. The monoisotopic (exact) mass is 274 g/mol. The van der Waals surface area contributed by atoms with Crippen LogP contribution in [-0.4, -0.2) is 31.3 Å². The largest absolute Gasteiger partial charge is 0.383 e. The molecule has 0 atom stereocenters. The first-order valence-corrected chi connectivity index (χ1v) is 6.44. The lowest BCUT2D eigenvalue weighted by molar-refractivity contribution is 0.0937. The van der Waals surface area contributed by atoms with Gasteiger partial charge in [-0.25, -0.2) is 0 Å². The van der Waals surface area contributed by atoms with Crippen LogP contribution >= 0.6 is 0 Å². The predicted molar refractivity (Wildman–Crippen MR) is 75.6 cm³/mol. The number of carbonyl (C=O) groups excluding carboxylic acids is 1. The highest BCUT2D eigenvalue weighted by Gasteiger charge is 2.22. The first-order chi connectivity index (χ1) is 9.65. The Bertz CT molecular complexity index is 605. The van der Waals surface area contributed by atoms with Crippen molar-refractivity contribution in [1.29, 1.82) is 0 Å². The molecule has 1 N–H and O–H groups in total. The number of carbonyl (C=O) groups is 1. The summed E-state index contributed by atoms with van der Waals surface area (Å²) in [4.78, 5) is 12.2. The lowest BCUT2D eigenvalue weighted by Gasteiger charge is -2.06. The summed E-state index contributed by atoms with van der Waals surface area (Å²) in [5, 5.41) is 6.71. The normalized spacial score (nSPS) is 10.6. The molecule has 1 heterocycles. The molecule has 2 aromatic rings. The van der Waals surface area contributed by atoms with Gasteiger partial charge in [0, 0.05) is 19.2 Å². The molecular formula is C15H18N2O3. The number of aromatic nitrogens is 1. The number of ether oxygens (including phenoxy) is 1. The van der Waals surface area contributed by atoms with E-state index in [-0.39, 0.29) is 5.91 Å². The molecule has 0 aliphatic rings. The Labute approximate surface area is 117 Å². The maximum Gasteiger partial charge on any atom is 0.257 e. The van der Waals surface area contributed by atoms with Crippen molar-refractivity contribution in [2.45, 2.75) is 13.8 Å². The molecule has 0 fully saturated rings. The van der Waals surface area contributed by atoms with Gasteiger partial charge < -0.3 is 14.6 Å². The van der Waals surface area contributed by atoms with Crippen LogP contribution in [0.25, 0.3) is 11.3 Å². The second-order valence-corrected chi connectivity index (χ2v) is 4.54. The number of benzene rings is 1. The summed E-state index contributed by atoms with van der Waals surface area (Å²) >= 11 is 0. The van der Waals surface area contributed by atoms with E-state index in [0.717, 1.165) is 11.1 Å². The Morgan fingerprint density at radius 1 is 1.35 bits per heavy atom. The number of methoxy groups -OCH3 is 1. The summed E-state index contributed by atoms with van der Waals surface area (Å²) in [6.45, 7) is 4.65. The van der Waals surface area contributed by atoms with E-state index in [1.807, 2.05) is 31.2 Å². The zero-order chi connectivity index (χ0) is 14.5. The lowest BCUT2D eigenvalue weighted by atomic mass is 10.0. The van der Waals surface area contributed by atoms with Crippen LogP contribution in [0, 0.1) is 13.8 Å². The molecule has 1 amide bonds. The van der Waals surface area contributed by atoms with Crippen LogP contribution in [0.2, 0.25) is 0 Å². The molecule has 106 valence electrons. The molecule has 1 aromatic carbocycles. The summed E-state index contributed by atoms with van der Waals surface area (Å²) in [7, 11) is 1.59. The summed E-state index contributed by atoms with van der Waals surface area (Å²) in [6, 6.07) is 7.74. The van der Waals surface area contributed by atoms with Gasteiger partial charge in [-0.15, -0.1) is 0 Å². The lowest BCUT2D eigenvalue weighted by Crippen LogP contribution is -2.27. The van der Waals surface area contributed by atoms with E-state index in [2.05, 4.69) is 10.5 Å². The van der Waals surface area contributed by atoms with Crippen LogP contribution in [0.15, 0.2) is 28.8 Å². The van der Waals surface area contributed by atoms with Gasteiger partial charge in [0.25, 0.3) is 5.91 Å². The van der Waals surface area contributed by atoms with E-state index in [1.165, 1.54) is 0 Å². The fourth-order valence-electron chi connectivity index (χ4n) is 2.00. The molecule has 5 nitrogen and oxygen atoms in total. The zero-order valence-corrected chi connectivity index (χ0v) is 11.9. The van der Waals surface area contributed by atoms with Gasteiger partial charge in [0.05, 0.1) is 12.3 Å². The van der Waals surface area contributed by atoms with Crippen LogP contribution in [0.5, 0.6) is 0 Å². The fourth-order valence-corrected chi connectivity index (χ4v) is 2.00. The minimum absolute atomic E-state index is 0.195. The number of nitrogens with one attached hydrogen (secondary N) is 1. The van der Waals surface area contributed by atoms with Crippen molar-refractivity contribution in [3.63, 3.8) is 0 Å². The van der Waals surface area contributed by atoms with Gasteiger partial charge in [0.2, 0.25) is 0 Å². The SMILES string of the molecule is COCCNC(=O)c1c(C)noc1-c1ccccc1C. The van der Waals surface area contributed by atoms with Gasteiger partial charge in [0.1, 0.15) is 5.56 Å². The molecule has 0 saturated heterocycles. The van der Waals surface area contributed by atoms with Crippen LogP contribution < -0.4 is 5.32 Å². The van der Waals surface area contributed by atoms with E-state index >= 15 is 0 Å². The van der Waals surface area contributed by atoms with Crippen LogP contribution in [0.1, 0.15) is 21.6 Å². The van der Waals surface area contributed by atoms with Gasteiger partial charge in [-0.1, -0.05) is 29.4 Å². The van der Waals surface area contributed by atoms with E-state index in [0.29, 0.717) is 30.2 Å². The van der Waals surface area contributed by atoms with Crippen molar-refractivity contribution in [2.75, 3.05) is 20.3 Å². The van der Waals surface area contributed by atoms with Crippen molar-refractivity contribution in [1.82, 2.24) is 10.5 Å². The average molecular weight is 274 g/mol. The number of nitrogens with zero attached hydrogens (tertiary/aromatic N) is 1. The maximum atomic E-state index is 12.2. The molecule has 0 saturated carbocycles.